The van der Waals surface area contributed by atoms with Crippen molar-refractivity contribution in [2.45, 2.75) is 56.7 Å². The average Bonchev–Trinajstić information content (AvgIpc) is 3.39. The van der Waals surface area contributed by atoms with E-state index in [1.165, 1.54) is 17.0 Å². The maximum absolute atomic E-state index is 13.9. The molecule has 8 heteroatoms. The van der Waals surface area contributed by atoms with Gasteiger partial charge in [-0.25, -0.2) is 9.18 Å². The molecule has 144 valence electrons. The largest absolute Gasteiger partial charge is 0.481 e. The summed E-state index contributed by atoms with van der Waals surface area (Å²) in [6.07, 6.45) is 1.72. The summed E-state index contributed by atoms with van der Waals surface area (Å²) in [6.45, 7) is 0. The van der Waals surface area contributed by atoms with E-state index < -0.39 is 17.9 Å². The van der Waals surface area contributed by atoms with E-state index in [1.807, 2.05) is 0 Å². The maximum Gasteiger partial charge on any atom is 0.412 e. The molecule has 1 heterocycles. The Balaban J connectivity index is 1.74. The Kier molecular flexibility index (Phi) is 4.28. The van der Waals surface area contributed by atoms with Crippen molar-refractivity contribution in [3.63, 3.8) is 0 Å². The Labute approximate surface area is 155 Å². The van der Waals surface area contributed by atoms with Gasteiger partial charge in [0, 0.05) is 24.4 Å². The number of carbonyl (C=O) groups is 3. The Morgan fingerprint density at radius 1 is 1.11 bits per heavy atom. The second kappa shape index (κ2) is 6.51. The minimum Gasteiger partial charge on any atom is -0.481 e. The van der Waals surface area contributed by atoms with Gasteiger partial charge in [0.25, 0.3) is 0 Å². The molecule has 1 aromatic rings. The molecule has 2 saturated carbocycles. The van der Waals surface area contributed by atoms with Gasteiger partial charge in [-0.05, 0) is 43.4 Å². The Hall–Kier alpha value is -2.64. The molecule has 1 aliphatic heterocycles. The molecule has 7 nitrogen and oxygen atoms in total. The Morgan fingerprint density at radius 3 is 2.41 bits per heavy atom. The molecular formula is C19H21FN2O5. The van der Waals surface area contributed by atoms with Gasteiger partial charge in [-0.3, -0.25) is 14.5 Å². The lowest BCUT2D eigenvalue weighted by Gasteiger charge is -2.54. The van der Waals surface area contributed by atoms with Gasteiger partial charge in [-0.1, -0.05) is 6.07 Å². The number of amides is 2. The molecular weight excluding hydrogens is 355 g/mol. The number of hydrogen-bond acceptors (Lipinski definition) is 3. The summed E-state index contributed by atoms with van der Waals surface area (Å²) in [6, 6.07) is 3.51. The van der Waals surface area contributed by atoms with E-state index in [0.29, 0.717) is 17.7 Å². The van der Waals surface area contributed by atoms with Gasteiger partial charge in [0.05, 0.1) is 18.2 Å². The van der Waals surface area contributed by atoms with Gasteiger partial charge < -0.3 is 15.1 Å². The van der Waals surface area contributed by atoms with Gasteiger partial charge in [0.1, 0.15) is 5.82 Å². The minimum absolute atomic E-state index is 0.0477. The number of aliphatic carboxylic acids is 1. The fourth-order valence-electron chi connectivity index (χ4n) is 4.46. The number of fused-ring (bicyclic) bond motifs is 2. The molecule has 1 unspecified atom stereocenters. The zero-order valence-corrected chi connectivity index (χ0v) is 14.7. The van der Waals surface area contributed by atoms with Crippen molar-refractivity contribution in [2.75, 3.05) is 4.90 Å². The number of rotatable bonds is 5. The van der Waals surface area contributed by atoms with Crippen molar-refractivity contribution < 1.29 is 29.0 Å². The van der Waals surface area contributed by atoms with Crippen LogP contribution >= 0.6 is 0 Å². The molecule has 27 heavy (non-hydrogen) atoms. The number of carboxylic acid groups (broad SMARTS) is 2. The summed E-state index contributed by atoms with van der Waals surface area (Å²) in [5.74, 6) is -1.82. The molecule has 0 saturated heterocycles. The van der Waals surface area contributed by atoms with Crippen LogP contribution in [0.15, 0.2) is 18.2 Å². The smallest absolute Gasteiger partial charge is 0.412 e. The van der Waals surface area contributed by atoms with Crippen LogP contribution in [0.3, 0.4) is 0 Å². The summed E-state index contributed by atoms with van der Waals surface area (Å²) < 4.78 is 13.9. The van der Waals surface area contributed by atoms with Crippen molar-refractivity contribution in [2.24, 2.45) is 5.92 Å². The van der Waals surface area contributed by atoms with E-state index in [2.05, 4.69) is 0 Å². The van der Waals surface area contributed by atoms with Crippen LogP contribution in [0.4, 0.5) is 14.9 Å². The molecule has 1 aromatic carbocycles. The fraction of sp³-hybridized carbons (Fsp3) is 0.526. The van der Waals surface area contributed by atoms with Crippen LogP contribution in [0, 0.1) is 11.7 Å². The third-order valence-corrected chi connectivity index (χ3v) is 5.88. The van der Waals surface area contributed by atoms with Crippen LogP contribution < -0.4 is 4.90 Å². The van der Waals surface area contributed by atoms with E-state index in [4.69, 9.17) is 5.11 Å². The second-order valence-corrected chi connectivity index (χ2v) is 7.54. The summed E-state index contributed by atoms with van der Waals surface area (Å²) in [5, 5.41) is 18.6. The normalized spacial score (nSPS) is 25.8. The zero-order chi connectivity index (χ0) is 19.3. The lowest BCUT2D eigenvalue weighted by molar-refractivity contribution is -0.143. The highest BCUT2D eigenvalue weighted by atomic mass is 19.1. The Morgan fingerprint density at radius 2 is 1.85 bits per heavy atom. The SMILES string of the molecule is O=C(O)CCC(=O)N(C1CC1)C1c2ccc(F)cc2N(C(=O)O)[C@@H]2CC[C@H]12. The molecule has 4 rings (SSSR count). The fourth-order valence-corrected chi connectivity index (χ4v) is 4.46. The van der Waals surface area contributed by atoms with Crippen molar-refractivity contribution in [1.82, 2.24) is 4.90 Å². The number of carbonyl (C=O) groups excluding carboxylic acids is 1. The molecule has 2 fully saturated rings. The molecule has 0 aromatic heterocycles. The van der Waals surface area contributed by atoms with Crippen molar-refractivity contribution in [3.05, 3.63) is 29.6 Å². The number of benzene rings is 1. The van der Waals surface area contributed by atoms with Gasteiger partial charge in [0.2, 0.25) is 5.91 Å². The number of carboxylic acids is 1. The number of halogens is 1. The maximum atomic E-state index is 13.9. The molecule has 0 spiro atoms. The van der Waals surface area contributed by atoms with E-state index in [0.717, 1.165) is 19.3 Å². The highest BCUT2D eigenvalue weighted by Gasteiger charge is 2.53. The number of nitrogens with zero attached hydrogens (tertiary/aromatic N) is 2. The summed E-state index contributed by atoms with van der Waals surface area (Å²) >= 11 is 0. The quantitative estimate of drug-likeness (QED) is 0.823. The molecule has 0 bridgehead atoms. The first-order valence-corrected chi connectivity index (χ1v) is 9.23. The van der Waals surface area contributed by atoms with Crippen LogP contribution in [0.1, 0.15) is 50.1 Å². The molecule has 2 amide bonds. The summed E-state index contributed by atoms with van der Waals surface area (Å²) in [5.41, 5.74) is 0.931. The highest BCUT2D eigenvalue weighted by Crippen LogP contribution is 2.54. The first-order chi connectivity index (χ1) is 12.9. The molecule has 3 aliphatic rings. The van der Waals surface area contributed by atoms with Gasteiger partial charge in [0.15, 0.2) is 0 Å². The summed E-state index contributed by atoms with van der Waals surface area (Å²) in [7, 11) is 0. The topological polar surface area (TPSA) is 98.2 Å². The first-order valence-electron chi connectivity index (χ1n) is 9.23. The predicted octanol–water partition coefficient (Wildman–Crippen LogP) is 3.00. The van der Waals surface area contributed by atoms with Gasteiger partial charge >= 0.3 is 12.1 Å². The van der Waals surface area contributed by atoms with Crippen molar-refractivity contribution >= 4 is 23.7 Å². The van der Waals surface area contributed by atoms with Crippen molar-refractivity contribution in [1.29, 1.82) is 0 Å². The first kappa shape index (κ1) is 17.8. The van der Waals surface area contributed by atoms with Crippen molar-refractivity contribution in [3.8, 4) is 0 Å². The van der Waals surface area contributed by atoms with Crippen LogP contribution in [-0.2, 0) is 9.59 Å². The van der Waals surface area contributed by atoms with E-state index in [9.17, 15) is 23.9 Å². The molecule has 0 radical (unpaired) electrons. The standard InChI is InChI=1S/C19H21FN2O5/c20-10-1-4-13-15(9-10)22(19(26)27)14-6-5-12(14)18(13)21(11-2-3-11)16(23)7-8-17(24)25/h1,4,9,11-12,14,18H,2-3,5-8H2,(H,24,25)(H,26,27)/t12-,14+,18?/m0/s1. The minimum atomic E-state index is -1.12. The average molecular weight is 376 g/mol. The molecule has 3 atom stereocenters. The second-order valence-electron chi connectivity index (χ2n) is 7.54. The predicted molar refractivity (Wildman–Crippen MR) is 92.9 cm³/mol. The van der Waals surface area contributed by atoms with Crippen LogP contribution in [0.25, 0.3) is 0 Å². The highest BCUT2D eigenvalue weighted by molar-refractivity contribution is 5.90. The molecule has 2 N–H and O–H groups in total. The van der Waals surface area contributed by atoms with E-state index >= 15 is 0 Å². The zero-order valence-electron chi connectivity index (χ0n) is 14.7. The third kappa shape index (κ3) is 3.02. The third-order valence-electron chi connectivity index (χ3n) is 5.88. The van der Waals surface area contributed by atoms with E-state index in [1.54, 1.807) is 11.0 Å². The lowest BCUT2D eigenvalue weighted by Crippen LogP contribution is -2.59. The monoisotopic (exact) mass is 376 g/mol. The van der Waals surface area contributed by atoms with Gasteiger partial charge in [-0.2, -0.15) is 0 Å². The van der Waals surface area contributed by atoms with E-state index in [-0.39, 0.29) is 42.8 Å². The summed E-state index contributed by atoms with van der Waals surface area (Å²) in [4.78, 5) is 38.5. The van der Waals surface area contributed by atoms with Crippen LogP contribution in [-0.4, -0.2) is 45.2 Å². The Bertz CT molecular complexity index is 809. The lowest BCUT2D eigenvalue weighted by atomic mass is 9.68. The van der Waals surface area contributed by atoms with Crippen LogP contribution in [0.5, 0.6) is 0 Å². The van der Waals surface area contributed by atoms with Crippen LogP contribution in [0.2, 0.25) is 0 Å². The van der Waals surface area contributed by atoms with Gasteiger partial charge in [-0.15, -0.1) is 0 Å². The molecule has 2 aliphatic carbocycles. The number of anilines is 1. The number of hydrogen-bond donors (Lipinski definition) is 2.